The molecule has 0 fully saturated rings. The van der Waals surface area contributed by atoms with Gasteiger partial charge in [-0.15, -0.1) is 0 Å². The Labute approximate surface area is 91.7 Å². The van der Waals surface area contributed by atoms with Crippen molar-refractivity contribution in [2.24, 2.45) is 0 Å². The zero-order chi connectivity index (χ0) is 12.9. The van der Waals surface area contributed by atoms with E-state index in [9.17, 15) is 0 Å². The third kappa shape index (κ3) is 90.9. The van der Waals surface area contributed by atoms with E-state index >= 15 is 0 Å². The number of aliphatic hydroxyl groups is 2. The van der Waals surface area contributed by atoms with E-state index in [1.54, 1.807) is 0 Å². The van der Waals surface area contributed by atoms with E-state index in [-0.39, 0.29) is 13.2 Å². The van der Waals surface area contributed by atoms with Gasteiger partial charge in [0.05, 0.1) is 25.4 Å². The molecule has 0 aliphatic carbocycles. The van der Waals surface area contributed by atoms with Gasteiger partial charge in [-0.2, -0.15) is 0 Å². The highest BCUT2D eigenvalue weighted by Crippen LogP contribution is 1.93. The van der Waals surface area contributed by atoms with Crippen LogP contribution in [0.15, 0.2) is 0 Å². The van der Waals surface area contributed by atoms with Crippen LogP contribution in [0.1, 0.15) is 34.6 Å². The van der Waals surface area contributed by atoms with E-state index in [2.05, 4.69) is 0 Å². The van der Waals surface area contributed by atoms with Gasteiger partial charge in [0.25, 0.3) is 5.97 Å². The molecular weight excluding hydrogens is 200 g/mol. The molecule has 0 atom stereocenters. The Kier molecular flexibility index (Phi) is 20.9. The summed E-state index contributed by atoms with van der Waals surface area (Å²) in [7, 11) is 0. The Morgan fingerprint density at radius 2 is 1.27 bits per heavy atom. The summed E-state index contributed by atoms with van der Waals surface area (Å²) in [6.07, 6.45) is 0.750. The molecule has 5 nitrogen and oxygen atoms in total. The molecule has 0 radical (unpaired) electrons. The number of carboxylic acids is 1. The molecule has 0 spiro atoms. The molecule has 0 aromatic carbocycles. The lowest BCUT2D eigenvalue weighted by Crippen LogP contribution is -2.09. The van der Waals surface area contributed by atoms with Crippen LogP contribution in [0.2, 0.25) is 0 Å². The summed E-state index contributed by atoms with van der Waals surface area (Å²) >= 11 is 0. The molecule has 0 aliphatic rings. The first-order valence-corrected chi connectivity index (χ1v) is 4.84. The van der Waals surface area contributed by atoms with Crippen LogP contribution in [0, 0.1) is 0 Å². The summed E-state index contributed by atoms with van der Waals surface area (Å²) < 4.78 is 5.25. The molecule has 15 heavy (non-hydrogen) atoms. The minimum absolute atomic E-state index is 0.125. The van der Waals surface area contributed by atoms with Gasteiger partial charge in [-0.05, 0) is 27.7 Å². The van der Waals surface area contributed by atoms with Crippen molar-refractivity contribution in [1.82, 2.24) is 0 Å². The predicted molar refractivity (Wildman–Crippen MR) is 58.8 cm³/mol. The Balaban J connectivity index is -0.000000155. The number of hydrogen-bond acceptors (Lipinski definition) is 4. The first-order valence-electron chi connectivity index (χ1n) is 4.84. The molecule has 0 unspecified atom stereocenters. The Bertz CT molecular complexity index is 111. The van der Waals surface area contributed by atoms with Gasteiger partial charge in [0.15, 0.2) is 0 Å². The molecule has 0 amide bonds. The van der Waals surface area contributed by atoms with Crippen molar-refractivity contribution in [2.45, 2.75) is 46.8 Å². The normalized spacial score (nSPS) is 8.87. The van der Waals surface area contributed by atoms with Crippen molar-refractivity contribution in [3.63, 3.8) is 0 Å². The lowest BCUT2D eigenvalue weighted by atomic mass is 10.4. The Morgan fingerprint density at radius 1 is 1.07 bits per heavy atom. The van der Waals surface area contributed by atoms with E-state index in [1.165, 1.54) is 0 Å². The molecule has 94 valence electrons. The molecule has 0 saturated carbocycles. The lowest BCUT2D eigenvalue weighted by molar-refractivity contribution is -0.134. The van der Waals surface area contributed by atoms with Crippen LogP contribution >= 0.6 is 0 Å². The van der Waals surface area contributed by atoms with Gasteiger partial charge in [0.2, 0.25) is 0 Å². The lowest BCUT2D eigenvalue weighted by Gasteiger charge is -2.09. The van der Waals surface area contributed by atoms with E-state index in [1.807, 2.05) is 27.7 Å². The number of hydrogen-bond donors (Lipinski definition) is 3. The van der Waals surface area contributed by atoms with E-state index < -0.39 is 5.97 Å². The maximum Gasteiger partial charge on any atom is 0.300 e. The molecule has 5 heteroatoms. The number of ether oxygens (including phenoxy) is 1. The fourth-order valence-electron chi connectivity index (χ4n) is 0.544. The highest BCUT2D eigenvalue weighted by molar-refractivity contribution is 5.62. The highest BCUT2D eigenvalue weighted by atomic mass is 16.5. The van der Waals surface area contributed by atoms with Crippen molar-refractivity contribution in [1.29, 1.82) is 0 Å². The summed E-state index contributed by atoms with van der Waals surface area (Å²) in [4.78, 5) is 9.00. The second kappa shape index (κ2) is 15.8. The third-order valence-corrected chi connectivity index (χ3v) is 0.644. The first-order chi connectivity index (χ1) is 6.77. The standard InChI is InChI=1S/C6H14O.C2H4O2.C2H6O2/c1-5(2)7-6(3)4;1-2(3)4;3-1-2-4/h5-6H,1-4H3;1H3,(H,3,4);3-4H,1-2H2. The van der Waals surface area contributed by atoms with Crippen molar-refractivity contribution in [2.75, 3.05) is 13.2 Å². The molecule has 0 rings (SSSR count). The van der Waals surface area contributed by atoms with Crippen LogP contribution < -0.4 is 0 Å². The van der Waals surface area contributed by atoms with Gasteiger partial charge in [-0.25, -0.2) is 0 Å². The van der Waals surface area contributed by atoms with Gasteiger partial charge in [0.1, 0.15) is 0 Å². The topological polar surface area (TPSA) is 87.0 Å². The number of carbonyl (C=O) groups is 1. The molecule has 0 aliphatic heterocycles. The van der Waals surface area contributed by atoms with Crippen LogP contribution in [-0.2, 0) is 9.53 Å². The minimum atomic E-state index is -0.833. The third-order valence-electron chi connectivity index (χ3n) is 0.644. The summed E-state index contributed by atoms with van der Waals surface area (Å²) in [6.45, 7) is 9.00. The minimum Gasteiger partial charge on any atom is -0.481 e. The maximum atomic E-state index is 9.00. The van der Waals surface area contributed by atoms with Crippen LogP contribution in [-0.4, -0.2) is 46.7 Å². The highest BCUT2D eigenvalue weighted by Gasteiger charge is 1.94. The summed E-state index contributed by atoms with van der Waals surface area (Å²) in [5.41, 5.74) is 0. The SMILES string of the molecule is CC(=O)O.CC(C)OC(C)C.OCCO. The summed E-state index contributed by atoms with van der Waals surface area (Å²) in [5.74, 6) is -0.833. The average molecular weight is 224 g/mol. The second-order valence-corrected chi connectivity index (χ2v) is 3.20. The second-order valence-electron chi connectivity index (χ2n) is 3.20. The van der Waals surface area contributed by atoms with Gasteiger partial charge in [-0.3, -0.25) is 4.79 Å². The quantitative estimate of drug-likeness (QED) is 0.662. The number of rotatable bonds is 3. The maximum absolute atomic E-state index is 9.00. The van der Waals surface area contributed by atoms with Crippen molar-refractivity contribution in [3.8, 4) is 0 Å². The molecule has 0 saturated heterocycles. The van der Waals surface area contributed by atoms with Gasteiger partial charge in [-0.1, -0.05) is 0 Å². The van der Waals surface area contributed by atoms with Gasteiger partial charge >= 0.3 is 0 Å². The van der Waals surface area contributed by atoms with Crippen molar-refractivity contribution >= 4 is 5.97 Å². The molecular formula is C10H24O5. The first kappa shape index (κ1) is 19.9. The van der Waals surface area contributed by atoms with Gasteiger partial charge < -0.3 is 20.1 Å². The molecule has 3 N–H and O–H groups in total. The molecule has 0 heterocycles. The molecule has 0 bridgehead atoms. The summed E-state index contributed by atoms with van der Waals surface area (Å²) in [5, 5.41) is 22.7. The average Bonchev–Trinajstić information content (AvgIpc) is 2.01. The Hall–Kier alpha value is -0.650. The number of aliphatic carboxylic acids is 1. The monoisotopic (exact) mass is 224 g/mol. The van der Waals surface area contributed by atoms with Crippen LogP contribution in [0.25, 0.3) is 0 Å². The van der Waals surface area contributed by atoms with E-state index in [0.717, 1.165) is 6.92 Å². The fraction of sp³-hybridized carbons (Fsp3) is 0.900. The van der Waals surface area contributed by atoms with Crippen LogP contribution in [0.5, 0.6) is 0 Å². The molecule has 0 aromatic heterocycles. The van der Waals surface area contributed by atoms with Crippen LogP contribution in [0.3, 0.4) is 0 Å². The largest absolute Gasteiger partial charge is 0.481 e. The smallest absolute Gasteiger partial charge is 0.300 e. The predicted octanol–water partition coefficient (Wildman–Crippen LogP) is 0.882. The summed E-state index contributed by atoms with van der Waals surface area (Å²) in [6, 6.07) is 0. The van der Waals surface area contributed by atoms with E-state index in [0.29, 0.717) is 12.2 Å². The number of aliphatic hydroxyl groups excluding tert-OH is 2. The molecule has 0 aromatic rings. The van der Waals surface area contributed by atoms with Gasteiger partial charge in [0, 0.05) is 6.92 Å². The van der Waals surface area contributed by atoms with Crippen molar-refractivity contribution < 1.29 is 24.9 Å². The number of carboxylic acid groups (broad SMARTS) is 1. The van der Waals surface area contributed by atoms with Crippen LogP contribution in [0.4, 0.5) is 0 Å². The zero-order valence-corrected chi connectivity index (χ0v) is 10.2. The fourth-order valence-corrected chi connectivity index (χ4v) is 0.544. The zero-order valence-electron chi connectivity index (χ0n) is 10.2. The Morgan fingerprint density at radius 3 is 1.27 bits per heavy atom. The van der Waals surface area contributed by atoms with E-state index in [4.69, 9.17) is 24.9 Å². The van der Waals surface area contributed by atoms with Crippen molar-refractivity contribution in [3.05, 3.63) is 0 Å².